The Labute approximate surface area is 112 Å². The van der Waals surface area contributed by atoms with E-state index in [0.29, 0.717) is 18.0 Å². The number of carboxylic acid groups (broad SMARTS) is 1. The normalized spacial score (nSPS) is 10.9. The van der Waals surface area contributed by atoms with E-state index in [0.717, 1.165) is 5.56 Å². The van der Waals surface area contributed by atoms with Crippen LogP contribution in [-0.4, -0.2) is 20.9 Å². The molecule has 0 fully saturated rings. The Morgan fingerprint density at radius 1 is 1.32 bits per heavy atom. The van der Waals surface area contributed by atoms with Crippen LogP contribution in [0.1, 0.15) is 42.7 Å². The number of carboxylic acids is 1. The average Bonchev–Trinajstić information content (AvgIpc) is 2.82. The minimum atomic E-state index is -0.942. The van der Waals surface area contributed by atoms with Gasteiger partial charge in [-0.3, -0.25) is 4.68 Å². The van der Waals surface area contributed by atoms with E-state index in [1.165, 1.54) is 10.2 Å². The summed E-state index contributed by atoms with van der Waals surface area (Å²) in [5, 5.41) is 13.4. The molecule has 0 aliphatic heterocycles. The Morgan fingerprint density at radius 3 is 2.42 bits per heavy atom. The van der Waals surface area contributed by atoms with E-state index >= 15 is 0 Å². The quantitative estimate of drug-likeness (QED) is 0.914. The Balaban J connectivity index is 2.47. The van der Waals surface area contributed by atoms with Gasteiger partial charge in [-0.1, -0.05) is 38.1 Å². The molecule has 1 aromatic carbocycles. The first-order valence-corrected chi connectivity index (χ1v) is 6.44. The number of aromatic carboxylic acids is 1. The molecule has 0 saturated heterocycles. The van der Waals surface area contributed by atoms with Crippen LogP contribution >= 0.6 is 0 Å². The molecule has 100 valence electrons. The molecular weight excluding hydrogens is 240 g/mol. The van der Waals surface area contributed by atoms with Crippen molar-refractivity contribution in [1.82, 2.24) is 9.78 Å². The summed E-state index contributed by atoms with van der Waals surface area (Å²) in [5.74, 6) is -0.478. The van der Waals surface area contributed by atoms with Crippen molar-refractivity contribution in [2.24, 2.45) is 0 Å². The molecule has 19 heavy (non-hydrogen) atoms. The maximum Gasteiger partial charge on any atom is 0.354 e. The monoisotopic (exact) mass is 258 g/mol. The lowest BCUT2D eigenvalue weighted by Crippen LogP contribution is -2.09. The number of rotatable bonds is 4. The minimum Gasteiger partial charge on any atom is -0.477 e. The summed E-state index contributed by atoms with van der Waals surface area (Å²) < 4.78 is 1.51. The first kappa shape index (κ1) is 13.3. The summed E-state index contributed by atoms with van der Waals surface area (Å²) in [6.07, 6.45) is 1.62. The van der Waals surface area contributed by atoms with Gasteiger partial charge in [0, 0.05) is 12.1 Å². The number of nitrogens with zero attached hydrogens (tertiary/aromatic N) is 2. The molecule has 2 rings (SSSR count). The maximum absolute atomic E-state index is 11.4. The van der Waals surface area contributed by atoms with E-state index in [4.69, 9.17) is 0 Å². The van der Waals surface area contributed by atoms with Gasteiger partial charge in [-0.15, -0.1) is 0 Å². The average molecular weight is 258 g/mol. The molecule has 0 atom stereocenters. The van der Waals surface area contributed by atoms with Crippen LogP contribution in [-0.2, 0) is 6.54 Å². The van der Waals surface area contributed by atoms with Gasteiger partial charge in [0.05, 0.1) is 6.20 Å². The van der Waals surface area contributed by atoms with Crippen molar-refractivity contribution in [3.05, 3.63) is 41.7 Å². The molecule has 4 nitrogen and oxygen atoms in total. The highest BCUT2D eigenvalue weighted by Crippen LogP contribution is 2.25. The molecule has 1 N–H and O–H groups in total. The van der Waals surface area contributed by atoms with Crippen LogP contribution in [0.25, 0.3) is 11.1 Å². The standard InChI is InChI=1S/C15H18N2O2/c1-4-17-14(15(18)19)13(9-16-17)12-7-5-11(6-8-12)10(2)3/h5-10H,4H2,1-3H3,(H,18,19). The molecule has 0 aliphatic carbocycles. The topological polar surface area (TPSA) is 55.1 Å². The summed E-state index contributed by atoms with van der Waals surface area (Å²) in [5.41, 5.74) is 3.05. The molecule has 0 saturated carbocycles. The van der Waals surface area contributed by atoms with Gasteiger partial charge in [-0.05, 0) is 24.0 Å². The second-order valence-electron chi connectivity index (χ2n) is 4.80. The lowest BCUT2D eigenvalue weighted by atomic mass is 9.99. The van der Waals surface area contributed by atoms with Crippen molar-refractivity contribution >= 4 is 5.97 Å². The highest BCUT2D eigenvalue weighted by molar-refractivity contribution is 5.94. The number of aromatic nitrogens is 2. The minimum absolute atomic E-state index is 0.250. The molecule has 0 radical (unpaired) electrons. The fourth-order valence-corrected chi connectivity index (χ4v) is 2.11. The fourth-order valence-electron chi connectivity index (χ4n) is 2.11. The van der Waals surface area contributed by atoms with E-state index in [1.807, 2.05) is 31.2 Å². The largest absolute Gasteiger partial charge is 0.477 e. The Hall–Kier alpha value is -2.10. The van der Waals surface area contributed by atoms with Gasteiger partial charge < -0.3 is 5.11 Å². The fraction of sp³-hybridized carbons (Fsp3) is 0.333. The second kappa shape index (κ2) is 5.26. The van der Waals surface area contributed by atoms with Crippen LogP contribution in [0.2, 0.25) is 0 Å². The van der Waals surface area contributed by atoms with E-state index in [-0.39, 0.29) is 5.69 Å². The molecule has 0 aliphatic rings. The van der Waals surface area contributed by atoms with Crippen molar-refractivity contribution in [3.8, 4) is 11.1 Å². The number of benzene rings is 1. The molecule has 1 heterocycles. The van der Waals surface area contributed by atoms with E-state index in [1.54, 1.807) is 6.20 Å². The molecular formula is C15H18N2O2. The first-order chi connectivity index (χ1) is 9.04. The summed E-state index contributed by atoms with van der Waals surface area (Å²) in [7, 11) is 0. The van der Waals surface area contributed by atoms with Crippen molar-refractivity contribution in [1.29, 1.82) is 0 Å². The number of hydrogen-bond donors (Lipinski definition) is 1. The van der Waals surface area contributed by atoms with Crippen LogP contribution < -0.4 is 0 Å². The van der Waals surface area contributed by atoms with Crippen LogP contribution in [0.15, 0.2) is 30.5 Å². The molecule has 2 aromatic rings. The zero-order valence-electron chi connectivity index (χ0n) is 11.4. The lowest BCUT2D eigenvalue weighted by molar-refractivity contribution is 0.0684. The third-order valence-electron chi connectivity index (χ3n) is 3.23. The predicted octanol–water partition coefficient (Wildman–Crippen LogP) is 3.39. The Kier molecular flexibility index (Phi) is 3.69. The zero-order chi connectivity index (χ0) is 14.0. The molecule has 0 amide bonds. The van der Waals surface area contributed by atoms with E-state index in [9.17, 15) is 9.90 Å². The van der Waals surface area contributed by atoms with E-state index < -0.39 is 5.97 Å². The van der Waals surface area contributed by atoms with Gasteiger partial charge in [0.1, 0.15) is 0 Å². The van der Waals surface area contributed by atoms with Crippen molar-refractivity contribution in [2.75, 3.05) is 0 Å². The summed E-state index contributed by atoms with van der Waals surface area (Å²) >= 11 is 0. The van der Waals surface area contributed by atoms with Gasteiger partial charge in [0.15, 0.2) is 5.69 Å². The van der Waals surface area contributed by atoms with Gasteiger partial charge >= 0.3 is 5.97 Å². The molecule has 0 unspecified atom stereocenters. The maximum atomic E-state index is 11.4. The SMILES string of the molecule is CCn1ncc(-c2ccc(C(C)C)cc2)c1C(=O)O. The van der Waals surface area contributed by atoms with Gasteiger partial charge in [0.2, 0.25) is 0 Å². The Bertz CT molecular complexity index is 583. The van der Waals surface area contributed by atoms with Crippen LogP contribution in [0.3, 0.4) is 0 Å². The smallest absolute Gasteiger partial charge is 0.354 e. The van der Waals surface area contributed by atoms with Crippen LogP contribution in [0.4, 0.5) is 0 Å². The molecule has 0 bridgehead atoms. The lowest BCUT2D eigenvalue weighted by Gasteiger charge is -2.07. The van der Waals surface area contributed by atoms with Gasteiger partial charge in [-0.25, -0.2) is 4.79 Å². The molecule has 1 aromatic heterocycles. The van der Waals surface area contributed by atoms with Crippen LogP contribution in [0, 0.1) is 0 Å². The second-order valence-corrected chi connectivity index (χ2v) is 4.80. The van der Waals surface area contributed by atoms with E-state index in [2.05, 4.69) is 18.9 Å². The number of carbonyl (C=O) groups is 1. The highest BCUT2D eigenvalue weighted by atomic mass is 16.4. The summed E-state index contributed by atoms with van der Waals surface area (Å²) in [6.45, 7) is 6.69. The molecule has 0 spiro atoms. The Morgan fingerprint density at radius 2 is 1.95 bits per heavy atom. The summed E-state index contributed by atoms with van der Waals surface area (Å²) in [6, 6.07) is 7.99. The van der Waals surface area contributed by atoms with Gasteiger partial charge in [0.25, 0.3) is 0 Å². The zero-order valence-corrected chi connectivity index (χ0v) is 11.4. The highest BCUT2D eigenvalue weighted by Gasteiger charge is 2.18. The molecule has 4 heteroatoms. The predicted molar refractivity (Wildman–Crippen MR) is 74.4 cm³/mol. The first-order valence-electron chi connectivity index (χ1n) is 6.44. The third-order valence-corrected chi connectivity index (χ3v) is 3.23. The van der Waals surface area contributed by atoms with Gasteiger partial charge in [-0.2, -0.15) is 5.10 Å². The number of hydrogen-bond acceptors (Lipinski definition) is 2. The van der Waals surface area contributed by atoms with Crippen LogP contribution in [0.5, 0.6) is 0 Å². The number of aryl methyl sites for hydroxylation is 1. The van der Waals surface area contributed by atoms with Crippen molar-refractivity contribution < 1.29 is 9.90 Å². The third kappa shape index (κ3) is 2.52. The van der Waals surface area contributed by atoms with Crippen molar-refractivity contribution in [3.63, 3.8) is 0 Å². The summed E-state index contributed by atoms with van der Waals surface area (Å²) in [4.78, 5) is 11.4. The van der Waals surface area contributed by atoms with Crippen molar-refractivity contribution in [2.45, 2.75) is 33.2 Å².